The number of alkyl carbamates (subject to hydrolysis) is 1. The Morgan fingerprint density at radius 2 is 1.47 bits per heavy atom. The van der Waals surface area contributed by atoms with Crippen molar-refractivity contribution in [1.82, 2.24) is 10.2 Å². The molecule has 0 aliphatic carbocycles. The zero-order valence-corrected chi connectivity index (χ0v) is 28.7. The van der Waals surface area contributed by atoms with Gasteiger partial charge in [0.05, 0.1) is 0 Å². The second kappa shape index (κ2) is 15.8. The van der Waals surface area contributed by atoms with Crippen LogP contribution < -0.4 is 10.6 Å². The molecule has 3 amide bonds. The molecule has 0 aliphatic rings. The fourth-order valence-electron chi connectivity index (χ4n) is 5.75. The van der Waals surface area contributed by atoms with Crippen LogP contribution >= 0.6 is 0 Å². The van der Waals surface area contributed by atoms with Crippen LogP contribution in [0.3, 0.4) is 0 Å². The average molecular weight is 636 g/mol. The smallest absolute Gasteiger partial charge is 0.408 e. The number of rotatable bonds is 12. The summed E-state index contributed by atoms with van der Waals surface area (Å²) in [6, 6.07) is 28.8. The van der Waals surface area contributed by atoms with Crippen molar-refractivity contribution in [3.63, 3.8) is 0 Å². The van der Waals surface area contributed by atoms with Gasteiger partial charge in [-0.3, -0.25) is 9.59 Å². The van der Waals surface area contributed by atoms with Crippen LogP contribution in [0.5, 0.6) is 0 Å². The molecular weight excluding hydrogens is 586 g/mol. The van der Waals surface area contributed by atoms with Crippen molar-refractivity contribution >= 4 is 34.4 Å². The molecule has 0 aromatic heterocycles. The summed E-state index contributed by atoms with van der Waals surface area (Å²) >= 11 is 0. The molecule has 0 saturated carbocycles. The maximum Gasteiger partial charge on any atom is 0.408 e. The molecule has 0 fully saturated rings. The van der Waals surface area contributed by atoms with Gasteiger partial charge >= 0.3 is 6.09 Å². The van der Waals surface area contributed by atoms with Crippen molar-refractivity contribution in [3.05, 3.63) is 114 Å². The molecule has 4 aromatic carbocycles. The van der Waals surface area contributed by atoms with Crippen LogP contribution in [0.25, 0.3) is 10.8 Å². The predicted molar refractivity (Wildman–Crippen MR) is 190 cm³/mol. The lowest BCUT2D eigenvalue weighted by molar-refractivity contribution is -0.143. The Labute approximate surface area is 279 Å². The van der Waals surface area contributed by atoms with E-state index in [0.717, 1.165) is 28.3 Å². The molecule has 0 spiro atoms. The normalized spacial score (nSPS) is 13.4. The quantitative estimate of drug-likeness (QED) is 0.163. The second-order valence-corrected chi connectivity index (χ2v) is 13.8. The first-order valence-electron chi connectivity index (χ1n) is 16.5. The lowest BCUT2D eigenvalue weighted by atomic mass is 9.95. The molecule has 0 saturated heterocycles. The first-order valence-corrected chi connectivity index (χ1v) is 16.5. The van der Waals surface area contributed by atoms with E-state index in [4.69, 9.17) is 4.74 Å². The molecule has 2 N–H and O–H groups in total. The molecule has 4 rings (SSSR count). The Kier molecular flexibility index (Phi) is 11.8. The van der Waals surface area contributed by atoms with E-state index in [1.807, 2.05) is 111 Å². The van der Waals surface area contributed by atoms with Gasteiger partial charge in [0.1, 0.15) is 17.7 Å². The Bertz CT molecular complexity index is 1660. The first-order chi connectivity index (χ1) is 22.3. The average Bonchev–Trinajstić information content (AvgIpc) is 3.01. The number of benzene rings is 4. The molecule has 0 aliphatic heterocycles. The molecule has 3 atom stereocenters. The molecule has 0 bridgehead atoms. The number of fused-ring (bicyclic) bond motifs is 1. The van der Waals surface area contributed by atoms with Gasteiger partial charge in [0, 0.05) is 18.2 Å². The maximum absolute atomic E-state index is 14.9. The van der Waals surface area contributed by atoms with Crippen LogP contribution in [0, 0.1) is 12.8 Å². The van der Waals surface area contributed by atoms with Crippen LogP contribution in [0.2, 0.25) is 0 Å². The third-order valence-corrected chi connectivity index (χ3v) is 8.06. The highest BCUT2D eigenvalue weighted by Crippen LogP contribution is 2.30. The van der Waals surface area contributed by atoms with Crippen LogP contribution in [0.1, 0.15) is 77.1 Å². The minimum atomic E-state index is -0.977. The summed E-state index contributed by atoms with van der Waals surface area (Å²) in [6.45, 7) is 13.6. The van der Waals surface area contributed by atoms with Gasteiger partial charge in [-0.15, -0.1) is 0 Å². The summed E-state index contributed by atoms with van der Waals surface area (Å²) in [5.74, 6) is -0.277. The van der Waals surface area contributed by atoms with Crippen molar-refractivity contribution in [1.29, 1.82) is 0 Å². The summed E-state index contributed by atoms with van der Waals surface area (Å²) in [5.41, 5.74) is 2.44. The van der Waals surface area contributed by atoms with Crippen LogP contribution in [0.15, 0.2) is 97.1 Å². The number of anilines is 1. The number of nitrogens with one attached hydrogen (secondary N) is 2. The number of carbonyl (C=O) groups is 3. The van der Waals surface area contributed by atoms with Gasteiger partial charge in [-0.25, -0.2) is 4.79 Å². The SMILES string of the molecule is Cc1cccc(C(C(=O)Nc2ccc3ccccc3c2)N(C(=O)C(Cc2ccccc2)NC(=O)OC(C)(C)C)C(C)CCC(C)C)c1. The molecule has 3 unspecified atom stereocenters. The van der Waals surface area contributed by atoms with Gasteiger partial charge < -0.3 is 20.3 Å². The maximum atomic E-state index is 14.9. The van der Waals surface area contributed by atoms with E-state index in [2.05, 4.69) is 24.5 Å². The monoisotopic (exact) mass is 635 g/mol. The summed E-state index contributed by atoms with van der Waals surface area (Å²) in [6.07, 6.45) is 1.09. The largest absolute Gasteiger partial charge is 0.444 e. The summed E-state index contributed by atoms with van der Waals surface area (Å²) in [7, 11) is 0. The van der Waals surface area contributed by atoms with Gasteiger partial charge in [-0.05, 0) is 87.4 Å². The highest BCUT2D eigenvalue weighted by molar-refractivity contribution is 6.00. The molecule has 47 heavy (non-hydrogen) atoms. The minimum absolute atomic E-state index is 0.235. The van der Waals surface area contributed by atoms with E-state index in [9.17, 15) is 14.4 Å². The van der Waals surface area contributed by atoms with Crippen LogP contribution in [0.4, 0.5) is 10.5 Å². The Morgan fingerprint density at radius 1 is 0.787 bits per heavy atom. The molecule has 0 heterocycles. The zero-order valence-electron chi connectivity index (χ0n) is 28.7. The second-order valence-electron chi connectivity index (χ2n) is 13.8. The number of ether oxygens (including phenoxy) is 1. The number of hydrogen-bond acceptors (Lipinski definition) is 4. The highest BCUT2D eigenvalue weighted by atomic mass is 16.6. The molecule has 4 aromatic rings. The Balaban J connectivity index is 1.80. The van der Waals surface area contributed by atoms with Gasteiger partial charge in [-0.1, -0.05) is 104 Å². The fourth-order valence-corrected chi connectivity index (χ4v) is 5.75. The van der Waals surface area contributed by atoms with E-state index in [1.165, 1.54) is 0 Å². The summed E-state index contributed by atoms with van der Waals surface area (Å²) in [5, 5.41) is 8.05. The van der Waals surface area contributed by atoms with Crippen molar-refractivity contribution in [2.75, 3.05) is 5.32 Å². The predicted octanol–water partition coefficient (Wildman–Crippen LogP) is 8.62. The number of amides is 3. The Morgan fingerprint density at radius 3 is 2.13 bits per heavy atom. The van der Waals surface area contributed by atoms with E-state index in [-0.39, 0.29) is 24.3 Å². The number of carbonyl (C=O) groups excluding carboxylic acids is 3. The lowest BCUT2D eigenvalue weighted by Crippen LogP contribution is -2.55. The summed E-state index contributed by atoms with van der Waals surface area (Å²) in [4.78, 5) is 44.3. The van der Waals surface area contributed by atoms with Crippen molar-refractivity contribution in [2.45, 2.75) is 91.5 Å². The van der Waals surface area contributed by atoms with E-state index >= 15 is 0 Å². The zero-order chi connectivity index (χ0) is 34.1. The van der Waals surface area contributed by atoms with Gasteiger partial charge in [-0.2, -0.15) is 0 Å². The minimum Gasteiger partial charge on any atom is -0.444 e. The lowest BCUT2D eigenvalue weighted by Gasteiger charge is -2.39. The van der Waals surface area contributed by atoms with Crippen molar-refractivity contribution in [2.24, 2.45) is 5.92 Å². The third-order valence-electron chi connectivity index (χ3n) is 8.06. The molecule has 248 valence electrons. The Hall–Kier alpha value is -4.65. The molecule has 7 heteroatoms. The number of hydrogen-bond donors (Lipinski definition) is 2. The van der Waals surface area contributed by atoms with E-state index < -0.39 is 23.8 Å². The van der Waals surface area contributed by atoms with Crippen molar-refractivity contribution < 1.29 is 19.1 Å². The third kappa shape index (κ3) is 10.2. The van der Waals surface area contributed by atoms with Gasteiger partial charge in [0.2, 0.25) is 5.91 Å². The fraction of sp³-hybridized carbons (Fsp3) is 0.375. The van der Waals surface area contributed by atoms with Gasteiger partial charge in [0.15, 0.2) is 0 Å². The van der Waals surface area contributed by atoms with Crippen LogP contribution in [-0.4, -0.2) is 40.5 Å². The standard InChI is InChI=1S/C40H49N3O4/c1-27(2)20-21-29(4)43(38(45)35(25-30-15-9-8-10-16-30)42-39(46)47-40(5,6)7)36(33-19-13-14-28(3)24-33)37(44)41-34-23-22-31-17-11-12-18-32(31)26-34/h8-19,22-24,26-27,29,35-36H,20-21,25H2,1-7H3,(H,41,44)(H,42,46). The number of aryl methyl sites for hydroxylation is 1. The van der Waals surface area contributed by atoms with Crippen molar-refractivity contribution in [3.8, 4) is 0 Å². The van der Waals surface area contributed by atoms with Gasteiger partial charge in [0.25, 0.3) is 5.91 Å². The molecule has 7 nitrogen and oxygen atoms in total. The first kappa shape index (κ1) is 35.2. The molecule has 0 radical (unpaired) electrons. The van der Waals surface area contributed by atoms with E-state index in [1.54, 1.807) is 25.7 Å². The van der Waals surface area contributed by atoms with E-state index in [0.29, 0.717) is 23.6 Å². The topological polar surface area (TPSA) is 87.7 Å². The molecular formula is C40H49N3O4. The summed E-state index contributed by atoms with van der Waals surface area (Å²) < 4.78 is 5.60. The highest BCUT2D eigenvalue weighted by Gasteiger charge is 2.39. The number of nitrogens with zero attached hydrogens (tertiary/aromatic N) is 1. The van der Waals surface area contributed by atoms with Crippen LogP contribution in [-0.2, 0) is 20.7 Å².